The number of anilines is 3. The topological polar surface area (TPSA) is 89.5 Å². The van der Waals surface area contributed by atoms with E-state index in [4.69, 9.17) is 4.42 Å². The van der Waals surface area contributed by atoms with Crippen LogP contribution in [-0.4, -0.2) is 49.1 Å². The predicted molar refractivity (Wildman–Crippen MR) is 101 cm³/mol. The Hall–Kier alpha value is -3.08. The molecule has 8 heteroatoms. The Labute approximate surface area is 158 Å². The molecule has 4 heterocycles. The van der Waals surface area contributed by atoms with Crippen LogP contribution in [-0.2, 0) is 4.79 Å². The largest absolute Gasteiger partial charge is 0.424 e. The maximum atomic E-state index is 13.2. The summed E-state index contributed by atoms with van der Waals surface area (Å²) < 4.78 is 5.60. The lowest BCUT2D eigenvalue weighted by Gasteiger charge is -2.38. The van der Waals surface area contributed by atoms with Gasteiger partial charge in [0.05, 0.1) is 17.6 Å². The van der Waals surface area contributed by atoms with Crippen LogP contribution in [0.15, 0.2) is 22.9 Å². The van der Waals surface area contributed by atoms with Gasteiger partial charge in [0.2, 0.25) is 17.5 Å². The van der Waals surface area contributed by atoms with Crippen molar-refractivity contribution >= 4 is 23.2 Å². The van der Waals surface area contributed by atoms with Gasteiger partial charge in [-0.05, 0) is 18.9 Å². The van der Waals surface area contributed by atoms with Crippen molar-refractivity contribution in [3.8, 4) is 6.07 Å². The van der Waals surface area contributed by atoms with Crippen molar-refractivity contribution in [2.45, 2.75) is 19.8 Å². The molecule has 0 bridgehead atoms. The van der Waals surface area contributed by atoms with Crippen LogP contribution < -0.4 is 14.7 Å². The molecule has 1 amide bonds. The highest BCUT2D eigenvalue weighted by atomic mass is 16.4. The van der Waals surface area contributed by atoms with Crippen LogP contribution in [0.4, 0.5) is 17.3 Å². The van der Waals surface area contributed by atoms with Crippen LogP contribution in [0.5, 0.6) is 0 Å². The second-order valence-corrected chi connectivity index (χ2v) is 7.04. The minimum absolute atomic E-state index is 0.0349. The summed E-state index contributed by atoms with van der Waals surface area (Å²) >= 11 is 0. The molecule has 1 saturated heterocycles. The summed E-state index contributed by atoms with van der Waals surface area (Å²) in [6.07, 6.45) is 4.99. The lowest BCUT2D eigenvalue weighted by molar-refractivity contribution is -0.123. The van der Waals surface area contributed by atoms with E-state index in [-0.39, 0.29) is 11.8 Å². The van der Waals surface area contributed by atoms with Gasteiger partial charge in [0.15, 0.2) is 5.89 Å². The van der Waals surface area contributed by atoms with Crippen molar-refractivity contribution in [3.63, 3.8) is 0 Å². The zero-order valence-corrected chi connectivity index (χ0v) is 15.6. The van der Waals surface area contributed by atoms with Gasteiger partial charge in [-0.25, -0.2) is 4.98 Å². The summed E-state index contributed by atoms with van der Waals surface area (Å²) in [4.78, 5) is 27.5. The number of oxazole rings is 1. The van der Waals surface area contributed by atoms with Gasteiger partial charge in [0, 0.05) is 52.3 Å². The standard InChI is InChI=1S/C19H22N6O2/c1-13-22-15(11-20)19(27-13)24-7-4-14(5-8-24)18(26)25-10-9-23(2)16-3-6-21-12-17(16)25/h3,6,12,14H,4-5,7-10H2,1-2H3. The van der Waals surface area contributed by atoms with E-state index >= 15 is 0 Å². The maximum Gasteiger partial charge on any atom is 0.234 e. The quantitative estimate of drug-likeness (QED) is 0.802. The molecule has 4 rings (SSSR count). The van der Waals surface area contributed by atoms with Gasteiger partial charge in [0.25, 0.3) is 0 Å². The summed E-state index contributed by atoms with van der Waals surface area (Å²) in [5, 5.41) is 9.22. The smallest absolute Gasteiger partial charge is 0.234 e. The minimum Gasteiger partial charge on any atom is -0.424 e. The lowest BCUT2D eigenvalue weighted by Crippen LogP contribution is -2.47. The number of aromatic nitrogens is 2. The molecule has 0 radical (unpaired) electrons. The first-order chi connectivity index (χ1) is 13.1. The Kier molecular flexibility index (Phi) is 4.44. The molecule has 0 unspecified atom stereocenters. The Morgan fingerprint density at radius 1 is 1.26 bits per heavy atom. The second-order valence-electron chi connectivity index (χ2n) is 7.04. The Morgan fingerprint density at radius 2 is 2.04 bits per heavy atom. The fourth-order valence-corrected chi connectivity index (χ4v) is 3.88. The number of carbonyl (C=O) groups is 1. The highest BCUT2D eigenvalue weighted by Crippen LogP contribution is 2.34. The molecule has 1 fully saturated rings. The maximum absolute atomic E-state index is 13.2. The minimum atomic E-state index is -0.0349. The molecule has 0 saturated carbocycles. The molecule has 0 atom stereocenters. The highest BCUT2D eigenvalue weighted by Gasteiger charge is 2.33. The van der Waals surface area contributed by atoms with Crippen molar-refractivity contribution in [1.29, 1.82) is 5.26 Å². The number of carbonyl (C=O) groups excluding carboxylic acids is 1. The number of aryl methyl sites for hydroxylation is 1. The van der Waals surface area contributed by atoms with Crippen LogP contribution in [0.2, 0.25) is 0 Å². The predicted octanol–water partition coefficient (Wildman–Crippen LogP) is 1.95. The molecular formula is C19H22N6O2. The van der Waals surface area contributed by atoms with Gasteiger partial charge >= 0.3 is 0 Å². The molecule has 140 valence electrons. The van der Waals surface area contributed by atoms with E-state index in [0.29, 0.717) is 37.1 Å². The summed E-state index contributed by atoms with van der Waals surface area (Å²) in [5.41, 5.74) is 2.24. The number of piperidine rings is 1. The molecule has 27 heavy (non-hydrogen) atoms. The molecule has 0 aliphatic carbocycles. The Balaban J connectivity index is 1.47. The Bertz CT molecular complexity index is 894. The second kappa shape index (κ2) is 6.91. The molecule has 0 N–H and O–H groups in total. The van der Waals surface area contributed by atoms with Crippen LogP contribution in [0.25, 0.3) is 0 Å². The molecule has 2 aliphatic heterocycles. The third-order valence-electron chi connectivity index (χ3n) is 5.36. The molecule has 0 spiro atoms. The number of likely N-dealkylation sites (N-methyl/N-ethyl adjacent to an activating group) is 1. The van der Waals surface area contributed by atoms with Crippen LogP contribution in [0, 0.1) is 24.2 Å². The number of pyridine rings is 1. The van der Waals surface area contributed by atoms with Gasteiger partial charge in [-0.1, -0.05) is 0 Å². The van der Waals surface area contributed by atoms with E-state index < -0.39 is 0 Å². The van der Waals surface area contributed by atoms with Gasteiger partial charge in [-0.2, -0.15) is 5.26 Å². The first-order valence-corrected chi connectivity index (χ1v) is 9.17. The molecule has 0 aromatic carbocycles. The van der Waals surface area contributed by atoms with E-state index in [1.807, 2.05) is 22.9 Å². The third-order valence-corrected chi connectivity index (χ3v) is 5.36. The summed E-state index contributed by atoms with van der Waals surface area (Å²) in [6.45, 7) is 4.57. The average molecular weight is 366 g/mol. The number of hydrogen-bond acceptors (Lipinski definition) is 7. The van der Waals surface area contributed by atoms with Crippen molar-refractivity contribution in [3.05, 3.63) is 30.0 Å². The van der Waals surface area contributed by atoms with Crippen LogP contribution >= 0.6 is 0 Å². The van der Waals surface area contributed by atoms with Crippen molar-refractivity contribution in [2.24, 2.45) is 5.92 Å². The summed E-state index contributed by atoms with van der Waals surface area (Å²) in [6, 6.07) is 4.03. The number of rotatable bonds is 2. The summed E-state index contributed by atoms with van der Waals surface area (Å²) in [7, 11) is 2.03. The van der Waals surface area contributed by atoms with Gasteiger partial charge in [-0.15, -0.1) is 0 Å². The third kappa shape index (κ3) is 3.10. The zero-order chi connectivity index (χ0) is 19.0. The molecule has 8 nitrogen and oxygen atoms in total. The lowest BCUT2D eigenvalue weighted by atomic mass is 9.94. The van der Waals surface area contributed by atoms with Gasteiger partial charge < -0.3 is 19.1 Å². The SMILES string of the molecule is Cc1nc(C#N)c(N2CCC(C(=O)N3CCN(C)c4ccncc43)CC2)o1. The fourth-order valence-electron chi connectivity index (χ4n) is 3.88. The van der Waals surface area contributed by atoms with E-state index in [0.717, 1.165) is 30.8 Å². The van der Waals surface area contributed by atoms with Crippen molar-refractivity contribution in [1.82, 2.24) is 9.97 Å². The first kappa shape index (κ1) is 17.3. The number of fused-ring (bicyclic) bond motifs is 1. The van der Waals surface area contributed by atoms with Crippen LogP contribution in [0.3, 0.4) is 0 Å². The number of hydrogen-bond donors (Lipinski definition) is 0. The highest BCUT2D eigenvalue weighted by molar-refractivity contribution is 5.99. The summed E-state index contributed by atoms with van der Waals surface area (Å²) in [5.74, 6) is 1.13. The van der Waals surface area contributed by atoms with Gasteiger partial charge in [-0.3, -0.25) is 9.78 Å². The molecule has 2 aliphatic rings. The first-order valence-electron chi connectivity index (χ1n) is 9.17. The number of nitrogens with zero attached hydrogens (tertiary/aromatic N) is 6. The van der Waals surface area contributed by atoms with E-state index in [9.17, 15) is 10.1 Å². The zero-order valence-electron chi connectivity index (χ0n) is 15.6. The van der Waals surface area contributed by atoms with Crippen molar-refractivity contribution in [2.75, 3.05) is 47.9 Å². The fraction of sp³-hybridized carbons (Fsp3) is 0.474. The number of amides is 1. The normalized spacial score (nSPS) is 17.6. The Morgan fingerprint density at radius 3 is 2.78 bits per heavy atom. The van der Waals surface area contributed by atoms with E-state index in [2.05, 4.69) is 20.9 Å². The van der Waals surface area contributed by atoms with E-state index in [1.165, 1.54) is 0 Å². The van der Waals surface area contributed by atoms with Crippen molar-refractivity contribution < 1.29 is 9.21 Å². The van der Waals surface area contributed by atoms with Crippen LogP contribution in [0.1, 0.15) is 24.4 Å². The molecule has 2 aromatic heterocycles. The van der Waals surface area contributed by atoms with E-state index in [1.54, 1.807) is 19.3 Å². The van der Waals surface area contributed by atoms with Gasteiger partial charge in [0.1, 0.15) is 6.07 Å². The average Bonchev–Trinajstić information content (AvgIpc) is 3.09. The monoisotopic (exact) mass is 366 g/mol. The molecular weight excluding hydrogens is 344 g/mol. The number of nitriles is 1. The molecule has 2 aromatic rings.